The van der Waals surface area contributed by atoms with Gasteiger partial charge in [0.1, 0.15) is 0 Å². The molecule has 2 heterocycles. The van der Waals surface area contributed by atoms with Gasteiger partial charge in [-0.15, -0.1) is 0 Å². The summed E-state index contributed by atoms with van der Waals surface area (Å²) in [5.74, 6) is 0.233. The van der Waals surface area contributed by atoms with E-state index in [1.54, 1.807) is 0 Å². The molecule has 1 aromatic carbocycles. The second kappa shape index (κ2) is 9.49. The van der Waals surface area contributed by atoms with E-state index in [0.29, 0.717) is 19.2 Å². The molecule has 2 saturated heterocycles. The minimum atomic E-state index is 0.212. The number of nitrogens with zero attached hydrogens (tertiary/aromatic N) is 3. The van der Waals surface area contributed by atoms with E-state index in [0.717, 1.165) is 39.3 Å². The molecule has 2 aliphatic rings. The molecule has 0 aromatic heterocycles. The molecule has 0 aliphatic carbocycles. The molecule has 0 N–H and O–H groups in total. The van der Waals surface area contributed by atoms with E-state index in [1.807, 2.05) is 23.1 Å². The maximum atomic E-state index is 12.9. The second-order valence-corrected chi connectivity index (χ2v) is 7.81. The van der Waals surface area contributed by atoms with Crippen LogP contribution in [0.25, 0.3) is 0 Å². The van der Waals surface area contributed by atoms with Gasteiger partial charge in [-0.05, 0) is 32.3 Å². The number of benzene rings is 1. The standard InChI is InChI=1S/C21H33N3O2/c1-18(2)24(15-19-7-4-3-5-8-19)21(25)17-23-12-10-22(11-13-23)16-20-9-6-14-26-20/h3-5,7-8,18,20H,6,9-17H2,1-2H3. The van der Waals surface area contributed by atoms with Crippen molar-refractivity contribution in [3.63, 3.8) is 0 Å². The molecule has 5 nitrogen and oxygen atoms in total. The fourth-order valence-corrected chi connectivity index (χ4v) is 3.83. The molecule has 144 valence electrons. The van der Waals surface area contributed by atoms with Crippen molar-refractivity contribution in [3.05, 3.63) is 35.9 Å². The quantitative estimate of drug-likeness (QED) is 0.748. The van der Waals surface area contributed by atoms with Crippen LogP contribution in [0, 0.1) is 0 Å². The highest BCUT2D eigenvalue weighted by Gasteiger charge is 2.25. The topological polar surface area (TPSA) is 36.0 Å². The maximum Gasteiger partial charge on any atom is 0.237 e. The maximum absolute atomic E-state index is 12.9. The summed E-state index contributed by atoms with van der Waals surface area (Å²) in [7, 11) is 0. The molecule has 1 aromatic rings. The van der Waals surface area contributed by atoms with E-state index >= 15 is 0 Å². The summed E-state index contributed by atoms with van der Waals surface area (Å²) in [5, 5.41) is 0. The lowest BCUT2D eigenvalue weighted by molar-refractivity contribution is -0.135. The summed E-state index contributed by atoms with van der Waals surface area (Å²) in [4.78, 5) is 19.6. The van der Waals surface area contributed by atoms with Crippen LogP contribution in [0.2, 0.25) is 0 Å². The Morgan fingerprint density at radius 1 is 1.15 bits per heavy atom. The molecule has 0 spiro atoms. The highest BCUT2D eigenvalue weighted by atomic mass is 16.5. The van der Waals surface area contributed by atoms with Crippen LogP contribution in [0.3, 0.4) is 0 Å². The van der Waals surface area contributed by atoms with Gasteiger partial charge in [0, 0.05) is 51.9 Å². The predicted octanol–water partition coefficient (Wildman–Crippen LogP) is 2.22. The summed E-state index contributed by atoms with van der Waals surface area (Å²) in [5.41, 5.74) is 1.19. The zero-order valence-electron chi connectivity index (χ0n) is 16.3. The largest absolute Gasteiger partial charge is 0.377 e. The zero-order valence-corrected chi connectivity index (χ0v) is 16.3. The van der Waals surface area contributed by atoms with E-state index in [2.05, 4.69) is 35.8 Å². The first-order chi connectivity index (χ1) is 12.6. The number of hydrogen-bond acceptors (Lipinski definition) is 4. The van der Waals surface area contributed by atoms with Crippen LogP contribution in [0.1, 0.15) is 32.3 Å². The van der Waals surface area contributed by atoms with E-state index in [1.165, 1.54) is 18.4 Å². The fourth-order valence-electron chi connectivity index (χ4n) is 3.83. The number of carbonyl (C=O) groups is 1. The molecular weight excluding hydrogens is 326 g/mol. The first kappa shape index (κ1) is 19.3. The first-order valence-corrected chi connectivity index (χ1v) is 10.0. The first-order valence-electron chi connectivity index (χ1n) is 10.0. The van der Waals surface area contributed by atoms with E-state index in [4.69, 9.17) is 4.74 Å². The molecule has 1 atom stereocenters. The van der Waals surface area contributed by atoms with E-state index < -0.39 is 0 Å². The van der Waals surface area contributed by atoms with Crippen LogP contribution in [0.15, 0.2) is 30.3 Å². The van der Waals surface area contributed by atoms with Gasteiger partial charge < -0.3 is 9.64 Å². The van der Waals surface area contributed by atoms with Gasteiger partial charge in [-0.3, -0.25) is 14.6 Å². The number of piperazine rings is 1. The van der Waals surface area contributed by atoms with E-state index in [-0.39, 0.29) is 11.9 Å². The molecular formula is C21H33N3O2. The third kappa shape index (κ3) is 5.53. The van der Waals surface area contributed by atoms with Crippen molar-refractivity contribution >= 4 is 5.91 Å². The number of ether oxygens (including phenoxy) is 1. The Morgan fingerprint density at radius 2 is 1.85 bits per heavy atom. The zero-order chi connectivity index (χ0) is 18.4. The van der Waals surface area contributed by atoms with Crippen molar-refractivity contribution in [2.45, 2.75) is 45.4 Å². The van der Waals surface area contributed by atoms with Gasteiger partial charge in [-0.25, -0.2) is 0 Å². The fraction of sp³-hybridized carbons (Fsp3) is 0.667. The van der Waals surface area contributed by atoms with Crippen molar-refractivity contribution in [2.75, 3.05) is 45.9 Å². The summed E-state index contributed by atoms with van der Waals surface area (Å²) >= 11 is 0. The lowest BCUT2D eigenvalue weighted by Gasteiger charge is -2.37. The van der Waals surface area contributed by atoms with Crippen LogP contribution in [-0.4, -0.2) is 78.6 Å². The van der Waals surface area contributed by atoms with Gasteiger partial charge in [0.15, 0.2) is 0 Å². The van der Waals surface area contributed by atoms with Gasteiger partial charge in [0.05, 0.1) is 12.6 Å². The number of amides is 1. The molecule has 0 saturated carbocycles. The number of rotatable bonds is 7. The molecule has 2 aliphatic heterocycles. The normalized spacial score (nSPS) is 22.0. The van der Waals surface area contributed by atoms with Gasteiger partial charge in [0.2, 0.25) is 5.91 Å². The summed E-state index contributed by atoms with van der Waals surface area (Å²) in [6.45, 7) is 11.4. The smallest absolute Gasteiger partial charge is 0.237 e. The highest BCUT2D eigenvalue weighted by Crippen LogP contribution is 2.15. The van der Waals surface area contributed by atoms with Crippen molar-refractivity contribution < 1.29 is 9.53 Å². The summed E-state index contributed by atoms with van der Waals surface area (Å²) in [6.07, 6.45) is 2.82. The second-order valence-electron chi connectivity index (χ2n) is 7.81. The lowest BCUT2D eigenvalue weighted by atomic mass is 10.2. The molecule has 0 bridgehead atoms. The molecule has 26 heavy (non-hydrogen) atoms. The Kier molecular flexibility index (Phi) is 7.06. The Morgan fingerprint density at radius 3 is 2.46 bits per heavy atom. The minimum Gasteiger partial charge on any atom is -0.377 e. The van der Waals surface area contributed by atoms with Gasteiger partial charge >= 0.3 is 0 Å². The Hall–Kier alpha value is -1.43. The average molecular weight is 360 g/mol. The van der Waals surface area contributed by atoms with E-state index in [9.17, 15) is 4.79 Å². The Balaban J connectivity index is 1.45. The van der Waals surface area contributed by atoms with Crippen molar-refractivity contribution in [3.8, 4) is 0 Å². The van der Waals surface area contributed by atoms with Gasteiger partial charge in [-0.1, -0.05) is 30.3 Å². The number of carbonyl (C=O) groups excluding carboxylic acids is 1. The van der Waals surface area contributed by atoms with Crippen molar-refractivity contribution in [1.29, 1.82) is 0 Å². The van der Waals surface area contributed by atoms with Gasteiger partial charge in [0.25, 0.3) is 0 Å². The monoisotopic (exact) mass is 359 g/mol. The molecule has 1 unspecified atom stereocenters. The van der Waals surface area contributed by atoms with Gasteiger partial charge in [-0.2, -0.15) is 0 Å². The minimum absolute atomic E-state index is 0.212. The molecule has 0 radical (unpaired) electrons. The molecule has 5 heteroatoms. The predicted molar refractivity (Wildman–Crippen MR) is 104 cm³/mol. The molecule has 1 amide bonds. The number of hydrogen-bond donors (Lipinski definition) is 0. The Labute approximate surface area is 157 Å². The van der Waals surface area contributed by atoms with Crippen LogP contribution in [-0.2, 0) is 16.1 Å². The third-order valence-electron chi connectivity index (χ3n) is 5.45. The van der Waals surface area contributed by atoms with Crippen LogP contribution in [0.5, 0.6) is 0 Å². The third-order valence-corrected chi connectivity index (χ3v) is 5.45. The highest BCUT2D eigenvalue weighted by molar-refractivity contribution is 5.78. The summed E-state index contributed by atoms with van der Waals surface area (Å²) < 4.78 is 5.75. The molecule has 3 rings (SSSR count). The van der Waals surface area contributed by atoms with Crippen LogP contribution < -0.4 is 0 Å². The average Bonchev–Trinajstić information content (AvgIpc) is 3.15. The van der Waals surface area contributed by atoms with Crippen molar-refractivity contribution in [1.82, 2.24) is 14.7 Å². The van der Waals surface area contributed by atoms with Crippen LogP contribution in [0.4, 0.5) is 0 Å². The van der Waals surface area contributed by atoms with Crippen molar-refractivity contribution in [2.24, 2.45) is 0 Å². The Bertz CT molecular complexity index is 550. The van der Waals surface area contributed by atoms with Crippen LogP contribution >= 0.6 is 0 Å². The SMILES string of the molecule is CC(C)N(Cc1ccccc1)C(=O)CN1CCN(CC2CCCO2)CC1. The lowest BCUT2D eigenvalue weighted by Crippen LogP contribution is -2.52. The summed E-state index contributed by atoms with van der Waals surface area (Å²) in [6, 6.07) is 10.5. The molecule has 2 fully saturated rings.